The van der Waals surface area contributed by atoms with E-state index in [0.717, 1.165) is 42.9 Å². The number of likely N-dealkylation sites (tertiary alicyclic amines) is 1. The topological polar surface area (TPSA) is 90.1 Å². The van der Waals surface area contributed by atoms with Gasteiger partial charge in [-0.2, -0.15) is 5.10 Å². The molecule has 7 nitrogen and oxygen atoms in total. The first-order valence-electron chi connectivity index (χ1n) is 8.92. The Hall–Kier alpha value is -2.83. The molecular formula is C19H25N5O2. The Balaban J connectivity index is 1.52. The quantitative estimate of drug-likeness (QED) is 0.788. The molecule has 3 rings (SSSR count). The number of rotatable bonds is 4. The summed E-state index contributed by atoms with van der Waals surface area (Å²) in [6, 6.07) is 7.43. The molecular weight excluding hydrogens is 330 g/mol. The molecule has 1 fully saturated rings. The zero-order valence-corrected chi connectivity index (χ0v) is 15.2. The molecule has 26 heavy (non-hydrogen) atoms. The fraction of sp³-hybridized carbons (Fsp3) is 0.421. The summed E-state index contributed by atoms with van der Waals surface area (Å²) in [6.45, 7) is 5.36. The second kappa shape index (κ2) is 8.03. The number of hydrogen-bond donors (Lipinski definition) is 3. The number of nitrogens with one attached hydrogen (secondary N) is 3. The average Bonchev–Trinajstić information content (AvgIpc) is 3.06. The number of H-pyrrole nitrogens is 1. The molecule has 0 atom stereocenters. The maximum atomic E-state index is 12.5. The molecule has 0 saturated carbocycles. The van der Waals surface area contributed by atoms with Crippen LogP contribution in [0.25, 0.3) is 0 Å². The van der Waals surface area contributed by atoms with E-state index in [9.17, 15) is 9.59 Å². The number of nitrogens with zero attached hydrogens (tertiary/aromatic N) is 2. The second-order valence-electron chi connectivity index (χ2n) is 6.71. The molecule has 2 heterocycles. The molecule has 1 aromatic heterocycles. The summed E-state index contributed by atoms with van der Waals surface area (Å²) < 4.78 is 0. The van der Waals surface area contributed by atoms with Gasteiger partial charge in [0.1, 0.15) is 0 Å². The first-order chi connectivity index (χ1) is 12.5. The van der Waals surface area contributed by atoms with Crippen molar-refractivity contribution in [2.45, 2.75) is 39.2 Å². The van der Waals surface area contributed by atoms with Crippen LogP contribution in [-0.2, 0) is 11.3 Å². The van der Waals surface area contributed by atoms with Crippen molar-refractivity contribution in [2.24, 2.45) is 0 Å². The van der Waals surface area contributed by atoms with Gasteiger partial charge in [0.2, 0.25) is 5.91 Å². The van der Waals surface area contributed by atoms with Gasteiger partial charge in [-0.05, 0) is 42.9 Å². The van der Waals surface area contributed by atoms with E-state index in [-0.39, 0.29) is 11.9 Å². The molecule has 0 bridgehead atoms. The standard InChI is InChI=1S/C19H25N5O2/c1-13-17(12-21-23-13)15-7-9-24(10-8-15)19(26)20-11-16-5-3-4-6-18(16)22-14(2)25/h3-6,12,15H,7-11H2,1-2H3,(H,20,26)(H,21,23)(H,22,25). The van der Waals surface area contributed by atoms with Gasteiger partial charge in [-0.3, -0.25) is 9.89 Å². The van der Waals surface area contributed by atoms with E-state index in [1.54, 1.807) is 0 Å². The molecule has 0 radical (unpaired) electrons. The summed E-state index contributed by atoms with van der Waals surface area (Å²) in [5.41, 5.74) is 3.99. The number of para-hydroxylation sites is 1. The Bertz CT molecular complexity index is 778. The molecule has 1 aliphatic heterocycles. The third kappa shape index (κ3) is 4.22. The predicted octanol–water partition coefficient (Wildman–Crippen LogP) is 2.77. The molecule has 138 valence electrons. The summed E-state index contributed by atoms with van der Waals surface area (Å²) >= 11 is 0. The minimum Gasteiger partial charge on any atom is -0.334 e. The Labute approximate surface area is 153 Å². The Morgan fingerprint density at radius 3 is 2.65 bits per heavy atom. The van der Waals surface area contributed by atoms with Crippen molar-refractivity contribution in [1.29, 1.82) is 0 Å². The first-order valence-corrected chi connectivity index (χ1v) is 8.92. The molecule has 1 aromatic carbocycles. The minimum atomic E-state index is -0.125. The van der Waals surface area contributed by atoms with E-state index in [1.165, 1.54) is 12.5 Å². The largest absolute Gasteiger partial charge is 0.334 e. The van der Waals surface area contributed by atoms with Gasteiger partial charge in [-0.1, -0.05) is 18.2 Å². The fourth-order valence-corrected chi connectivity index (χ4v) is 3.43. The van der Waals surface area contributed by atoms with Crippen molar-refractivity contribution in [1.82, 2.24) is 20.4 Å². The van der Waals surface area contributed by atoms with E-state index in [1.807, 2.05) is 42.3 Å². The zero-order valence-electron chi connectivity index (χ0n) is 15.2. The van der Waals surface area contributed by atoms with Gasteiger partial charge in [-0.15, -0.1) is 0 Å². The van der Waals surface area contributed by atoms with Gasteiger partial charge in [0.05, 0.1) is 6.20 Å². The van der Waals surface area contributed by atoms with Crippen LogP contribution in [0.15, 0.2) is 30.5 Å². The summed E-state index contributed by atoms with van der Waals surface area (Å²) in [5.74, 6) is 0.332. The number of piperidine rings is 1. The minimum absolute atomic E-state index is 0.0648. The number of urea groups is 1. The third-order valence-corrected chi connectivity index (χ3v) is 4.85. The van der Waals surface area contributed by atoms with E-state index in [0.29, 0.717) is 12.5 Å². The normalized spacial score (nSPS) is 14.9. The Morgan fingerprint density at radius 1 is 1.27 bits per heavy atom. The number of amides is 3. The van der Waals surface area contributed by atoms with Crippen LogP contribution in [0.5, 0.6) is 0 Å². The lowest BCUT2D eigenvalue weighted by Crippen LogP contribution is -2.43. The lowest BCUT2D eigenvalue weighted by atomic mass is 9.90. The molecule has 0 aliphatic carbocycles. The first kappa shape index (κ1) is 18.0. The van der Waals surface area contributed by atoms with E-state index in [2.05, 4.69) is 20.8 Å². The van der Waals surface area contributed by atoms with Crippen LogP contribution in [0.2, 0.25) is 0 Å². The van der Waals surface area contributed by atoms with Crippen LogP contribution in [0.4, 0.5) is 10.5 Å². The van der Waals surface area contributed by atoms with E-state index < -0.39 is 0 Å². The third-order valence-electron chi connectivity index (χ3n) is 4.85. The Kier molecular flexibility index (Phi) is 5.55. The summed E-state index contributed by atoms with van der Waals surface area (Å²) in [5, 5.41) is 12.8. The van der Waals surface area contributed by atoms with Crippen LogP contribution >= 0.6 is 0 Å². The number of aromatic nitrogens is 2. The summed E-state index contributed by atoms with van der Waals surface area (Å²) in [4.78, 5) is 25.6. The molecule has 1 aliphatic rings. The lowest BCUT2D eigenvalue weighted by Gasteiger charge is -2.32. The second-order valence-corrected chi connectivity index (χ2v) is 6.71. The zero-order chi connectivity index (χ0) is 18.5. The Morgan fingerprint density at radius 2 is 2.00 bits per heavy atom. The highest BCUT2D eigenvalue weighted by atomic mass is 16.2. The van der Waals surface area contributed by atoms with Gasteiger partial charge < -0.3 is 15.5 Å². The van der Waals surface area contributed by atoms with Gasteiger partial charge in [-0.25, -0.2) is 4.79 Å². The number of hydrogen-bond acceptors (Lipinski definition) is 3. The van der Waals surface area contributed by atoms with Gasteiger partial charge >= 0.3 is 6.03 Å². The predicted molar refractivity (Wildman–Crippen MR) is 99.9 cm³/mol. The fourth-order valence-electron chi connectivity index (χ4n) is 3.43. The lowest BCUT2D eigenvalue weighted by molar-refractivity contribution is -0.114. The number of carbonyl (C=O) groups is 2. The number of aromatic amines is 1. The molecule has 1 saturated heterocycles. The maximum absolute atomic E-state index is 12.5. The maximum Gasteiger partial charge on any atom is 0.317 e. The van der Waals surface area contributed by atoms with Crippen molar-refractivity contribution < 1.29 is 9.59 Å². The van der Waals surface area contributed by atoms with E-state index in [4.69, 9.17) is 0 Å². The number of carbonyl (C=O) groups excluding carboxylic acids is 2. The van der Waals surface area contributed by atoms with Gasteiger partial charge in [0.25, 0.3) is 0 Å². The molecule has 2 aromatic rings. The monoisotopic (exact) mass is 355 g/mol. The van der Waals surface area contributed by atoms with Crippen molar-refractivity contribution in [3.05, 3.63) is 47.3 Å². The van der Waals surface area contributed by atoms with Crippen LogP contribution in [0.1, 0.15) is 42.5 Å². The number of aryl methyl sites for hydroxylation is 1. The van der Waals surface area contributed by atoms with Crippen molar-refractivity contribution in [2.75, 3.05) is 18.4 Å². The average molecular weight is 355 g/mol. The van der Waals surface area contributed by atoms with Crippen molar-refractivity contribution >= 4 is 17.6 Å². The SMILES string of the molecule is CC(=O)Nc1ccccc1CNC(=O)N1CCC(c2cn[nH]c2C)CC1. The molecule has 0 spiro atoms. The van der Waals surface area contributed by atoms with Gasteiger partial charge in [0.15, 0.2) is 0 Å². The highest BCUT2D eigenvalue weighted by Crippen LogP contribution is 2.29. The van der Waals surface area contributed by atoms with Crippen LogP contribution in [0, 0.1) is 6.92 Å². The van der Waals surface area contributed by atoms with Crippen LogP contribution < -0.4 is 10.6 Å². The molecule has 7 heteroatoms. The highest BCUT2D eigenvalue weighted by Gasteiger charge is 2.25. The number of anilines is 1. The number of benzene rings is 1. The summed E-state index contributed by atoms with van der Waals surface area (Å²) in [7, 11) is 0. The van der Waals surface area contributed by atoms with Gasteiger partial charge in [0, 0.05) is 37.9 Å². The molecule has 3 N–H and O–H groups in total. The summed E-state index contributed by atoms with van der Waals surface area (Å²) in [6.07, 6.45) is 3.78. The molecule has 0 unspecified atom stereocenters. The van der Waals surface area contributed by atoms with Crippen molar-refractivity contribution in [3.63, 3.8) is 0 Å². The van der Waals surface area contributed by atoms with Crippen LogP contribution in [-0.4, -0.2) is 40.1 Å². The smallest absolute Gasteiger partial charge is 0.317 e. The van der Waals surface area contributed by atoms with Crippen LogP contribution in [0.3, 0.4) is 0 Å². The van der Waals surface area contributed by atoms with Crippen molar-refractivity contribution in [3.8, 4) is 0 Å². The highest BCUT2D eigenvalue weighted by molar-refractivity contribution is 5.89. The van der Waals surface area contributed by atoms with E-state index >= 15 is 0 Å². The molecule has 3 amide bonds.